The molecule has 1 heterocycles. The monoisotopic (exact) mass is 326 g/mol. The molecule has 5 nitrogen and oxygen atoms in total. The number of aromatic nitrogens is 2. The molecule has 0 bridgehead atoms. The van der Waals surface area contributed by atoms with E-state index < -0.39 is 0 Å². The Morgan fingerprint density at radius 3 is 2.77 bits per heavy atom. The largest absolute Gasteiger partial charge is 0.351 e. The molecule has 0 atom stereocenters. The van der Waals surface area contributed by atoms with Crippen molar-refractivity contribution in [3.63, 3.8) is 0 Å². The van der Waals surface area contributed by atoms with Crippen LogP contribution in [0.15, 0.2) is 30.5 Å². The molecule has 0 unspecified atom stereocenters. The molecular formula is C15H20ClFN4O. The van der Waals surface area contributed by atoms with Gasteiger partial charge >= 0.3 is 0 Å². The molecule has 0 saturated heterocycles. The smallest absolute Gasteiger partial charge is 0.255 e. The zero-order chi connectivity index (χ0) is 15.1. The Bertz CT molecular complexity index is 603. The van der Waals surface area contributed by atoms with Crippen molar-refractivity contribution in [3.05, 3.63) is 41.8 Å². The third kappa shape index (κ3) is 4.54. The minimum absolute atomic E-state index is 0. The Morgan fingerprint density at radius 1 is 1.27 bits per heavy atom. The van der Waals surface area contributed by atoms with E-state index in [0.29, 0.717) is 29.9 Å². The standard InChI is InChI=1S/C15H19FN4O.ClH/c1-2-7-17-8-9-18-15(21)12-10-19-20-14(12)11-5-3-4-6-13(11)16;/h3-6,10,17H,2,7-9H2,1H3,(H,18,21)(H,19,20);1H. The van der Waals surface area contributed by atoms with Gasteiger partial charge in [-0.3, -0.25) is 9.89 Å². The summed E-state index contributed by atoms with van der Waals surface area (Å²) in [5.41, 5.74) is 1.08. The van der Waals surface area contributed by atoms with Gasteiger partial charge in [-0.1, -0.05) is 19.1 Å². The third-order valence-electron chi connectivity index (χ3n) is 3.04. The van der Waals surface area contributed by atoms with Crippen molar-refractivity contribution < 1.29 is 9.18 Å². The minimum Gasteiger partial charge on any atom is -0.351 e. The Balaban J connectivity index is 0.00000242. The van der Waals surface area contributed by atoms with Crippen LogP contribution in [0.1, 0.15) is 23.7 Å². The number of carbonyl (C=O) groups excluding carboxylic acids is 1. The number of H-pyrrole nitrogens is 1. The van der Waals surface area contributed by atoms with Crippen LogP contribution in [-0.2, 0) is 0 Å². The van der Waals surface area contributed by atoms with Crippen molar-refractivity contribution in [1.82, 2.24) is 20.8 Å². The van der Waals surface area contributed by atoms with Gasteiger partial charge in [0.15, 0.2) is 0 Å². The van der Waals surface area contributed by atoms with Crippen LogP contribution in [0.5, 0.6) is 0 Å². The molecule has 7 heteroatoms. The summed E-state index contributed by atoms with van der Waals surface area (Å²) in [5.74, 6) is -0.652. The number of amides is 1. The lowest BCUT2D eigenvalue weighted by Crippen LogP contribution is -2.32. The summed E-state index contributed by atoms with van der Waals surface area (Å²) in [4.78, 5) is 12.1. The van der Waals surface area contributed by atoms with Crippen LogP contribution in [0.4, 0.5) is 4.39 Å². The van der Waals surface area contributed by atoms with Gasteiger partial charge in [-0.2, -0.15) is 5.10 Å². The second kappa shape index (κ2) is 9.17. The van der Waals surface area contributed by atoms with E-state index >= 15 is 0 Å². The number of aromatic amines is 1. The van der Waals surface area contributed by atoms with Gasteiger partial charge in [-0.25, -0.2) is 4.39 Å². The van der Waals surface area contributed by atoms with Gasteiger partial charge in [0, 0.05) is 18.7 Å². The number of rotatable bonds is 7. The van der Waals surface area contributed by atoms with Crippen molar-refractivity contribution >= 4 is 18.3 Å². The van der Waals surface area contributed by atoms with Crippen LogP contribution in [0.2, 0.25) is 0 Å². The van der Waals surface area contributed by atoms with Gasteiger partial charge < -0.3 is 10.6 Å². The maximum absolute atomic E-state index is 13.8. The highest BCUT2D eigenvalue weighted by atomic mass is 35.5. The number of hydrogen-bond acceptors (Lipinski definition) is 3. The fourth-order valence-electron chi connectivity index (χ4n) is 1.99. The Labute approximate surface area is 135 Å². The fraction of sp³-hybridized carbons (Fsp3) is 0.333. The third-order valence-corrected chi connectivity index (χ3v) is 3.04. The summed E-state index contributed by atoms with van der Waals surface area (Å²) in [6, 6.07) is 6.29. The topological polar surface area (TPSA) is 69.8 Å². The molecule has 0 aliphatic heterocycles. The first kappa shape index (κ1) is 18.1. The quantitative estimate of drug-likeness (QED) is 0.684. The van der Waals surface area contributed by atoms with Crippen LogP contribution in [0.3, 0.4) is 0 Å². The first-order valence-electron chi connectivity index (χ1n) is 7.01. The zero-order valence-electron chi connectivity index (χ0n) is 12.4. The molecule has 1 aromatic carbocycles. The minimum atomic E-state index is -0.389. The van der Waals surface area contributed by atoms with Gasteiger partial charge in [-0.05, 0) is 25.1 Å². The fourth-order valence-corrected chi connectivity index (χ4v) is 1.99. The van der Waals surface area contributed by atoms with Crippen molar-refractivity contribution in [2.45, 2.75) is 13.3 Å². The maximum Gasteiger partial charge on any atom is 0.255 e. The molecule has 1 aromatic heterocycles. The lowest BCUT2D eigenvalue weighted by atomic mass is 10.1. The summed E-state index contributed by atoms with van der Waals surface area (Å²) < 4.78 is 13.8. The summed E-state index contributed by atoms with van der Waals surface area (Å²) in [6.45, 7) is 4.22. The van der Waals surface area contributed by atoms with Crippen molar-refractivity contribution in [2.24, 2.45) is 0 Å². The van der Waals surface area contributed by atoms with Gasteiger partial charge in [-0.15, -0.1) is 12.4 Å². The van der Waals surface area contributed by atoms with Gasteiger partial charge in [0.2, 0.25) is 0 Å². The molecular weight excluding hydrogens is 307 g/mol. The van der Waals surface area contributed by atoms with E-state index in [4.69, 9.17) is 0 Å². The highest BCUT2D eigenvalue weighted by Crippen LogP contribution is 2.23. The van der Waals surface area contributed by atoms with Crippen LogP contribution in [-0.4, -0.2) is 35.7 Å². The second-order valence-electron chi connectivity index (χ2n) is 4.64. The summed E-state index contributed by atoms with van der Waals surface area (Å²) in [6.07, 6.45) is 2.46. The predicted octanol–water partition coefficient (Wildman–Crippen LogP) is 2.37. The van der Waals surface area contributed by atoms with E-state index in [1.165, 1.54) is 12.3 Å². The lowest BCUT2D eigenvalue weighted by molar-refractivity contribution is 0.0954. The molecule has 2 aromatic rings. The van der Waals surface area contributed by atoms with Gasteiger partial charge in [0.25, 0.3) is 5.91 Å². The van der Waals surface area contributed by atoms with Crippen LogP contribution >= 0.6 is 12.4 Å². The van der Waals surface area contributed by atoms with E-state index in [1.807, 2.05) is 0 Å². The average Bonchev–Trinajstić information content (AvgIpc) is 2.96. The van der Waals surface area contributed by atoms with Gasteiger partial charge in [0.05, 0.1) is 17.5 Å². The summed E-state index contributed by atoms with van der Waals surface area (Å²) in [5, 5.41) is 12.5. The Kier molecular flexibility index (Phi) is 7.56. The van der Waals surface area contributed by atoms with Crippen molar-refractivity contribution in [3.8, 4) is 11.3 Å². The average molecular weight is 327 g/mol. The normalized spacial score (nSPS) is 10.1. The van der Waals surface area contributed by atoms with Gasteiger partial charge in [0.1, 0.15) is 5.82 Å². The number of nitrogens with one attached hydrogen (secondary N) is 3. The highest BCUT2D eigenvalue weighted by Gasteiger charge is 2.17. The summed E-state index contributed by atoms with van der Waals surface area (Å²) >= 11 is 0. The summed E-state index contributed by atoms with van der Waals surface area (Å²) in [7, 11) is 0. The Hall–Kier alpha value is -1.92. The number of benzene rings is 1. The van der Waals surface area contributed by atoms with E-state index in [2.05, 4.69) is 27.8 Å². The van der Waals surface area contributed by atoms with E-state index in [9.17, 15) is 9.18 Å². The highest BCUT2D eigenvalue weighted by molar-refractivity contribution is 5.99. The van der Waals surface area contributed by atoms with Crippen LogP contribution in [0, 0.1) is 5.82 Å². The molecule has 3 N–H and O–H groups in total. The molecule has 1 amide bonds. The van der Waals surface area contributed by atoms with Crippen molar-refractivity contribution in [2.75, 3.05) is 19.6 Å². The molecule has 0 radical (unpaired) electrons. The molecule has 22 heavy (non-hydrogen) atoms. The van der Waals surface area contributed by atoms with Crippen LogP contribution < -0.4 is 10.6 Å². The van der Waals surface area contributed by atoms with E-state index in [-0.39, 0.29) is 24.1 Å². The SMILES string of the molecule is CCCNCCNC(=O)c1cn[nH]c1-c1ccccc1F.Cl. The number of carbonyl (C=O) groups is 1. The Morgan fingerprint density at radius 2 is 2.05 bits per heavy atom. The maximum atomic E-state index is 13.8. The number of hydrogen-bond donors (Lipinski definition) is 3. The molecule has 0 aliphatic carbocycles. The molecule has 0 fully saturated rings. The van der Waals surface area contributed by atoms with Crippen molar-refractivity contribution in [1.29, 1.82) is 0 Å². The van der Waals surface area contributed by atoms with E-state index in [0.717, 1.165) is 13.0 Å². The molecule has 2 rings (SSSR count). The first-order chi connectivity index (χ1) is 10.2. The molecule has 0 spiro atoms. The lowest BCUT2D eigenvalue weighted by Gasteiger charge is -2.07. The molecule has 0 aliphatic rings. The number of halogens is 2. The first-order valence-corrected chi connectivity index (χ1v) is 7.01. The molecule has 0 saturated carbocycles. The predicted molar refractivity (Wildman–Crippen MR) is 86.7 cm³/mol. The van der Waals surface area contributed by atoms with Crippen LogP contribution in [0.25, 0.3) is 11.3 Å². The second-order valence-corrected chi connectivity index (χ2v) is 4.64. The number of nitrogens with zero attached hydrogens (tertiary/aromatic N) is 1. The zero-order valence-corrected chi connectivity index (χ0v) is 13.2. The molecule has 120 valence electrons. The van der Waals surface area contributed by atoms with E-state index in [1.54, 1.807) is 18.2 Å².